The smallest absolute Gasteiger partial charge is 0.236 e. The lowest BCUT2D eigenvalue weighted by Gasteiger charge is -2.55. The third-order valence-corrected chi connectivity index (χ3v) is 8.42. The highest BCUT2D eigenvalue weighted by molar-refractivity contribution is 7.99. The lowest BCUT2D eigenvalue weighted by molar-refractivity contribution is -0.113. The molecule has 1 N–H and O–H groups in total. The van der Waals surface area contributed by atoms with Gasteiger partial charge in [0.1, 0.15) is 5.01 Å². The van der Waals surface area contributed by atoms with E-state index in [4.69, 9.17) is 0 Å². The number of carbonyl (C=O) groups is 1. The summed E-state index contributed by atoms with van der Waals surface area (Å²) in [6, 6.07) is 5.85. The van der Waals surface area contributed by atoms with Gasteiger partial charge in [-0.1, -0.05) is 17.4 Å². The van der Waals surface area contributed by atoms with E-state index >= 15 is 0 Å². The Labute approximate surface area is 167 Å². The first-order valence-electron chi connectivity index (χ1n) is 9.80. The number of anilines is 1. The number of rotatable bonds is 6. The van der Waals surface area contributed by atoms with Crippen LogP contribution < -0.4 is 5.32 Å². The highest BCUT2D eigenvalue weighted by Crippen LogP contribution is 2.61. The minimum Gasteiger partial charge on any atom is -0.300 e. The summed E-state index contributed by atoms with van der Waals surface area (Å²) in [7, 11) is 0. The van der Waals surface area contributed by atoms with Crippen LogP contribution in [0.15, 0.2) is 24.4 Å². The maximum Gasteiger partial charge on any atom is 0.236 e. The van der Waals surface area contributed by atoms with E-state index in [0.29, 0.717) is 10.9 Å². The molecule has 4 aliphatic carbocycles. The van der Waals surface area contributed by atoms with Crippen LogP contribution in [-0.2, 0) is 16.0 Å². The molecule has 142 valence electrons. The van der Waals surface area contributed by atoms with Crippen LogP contribution in [0.3, 0.4) is 0 Å². The number of thioether (sulfide) groups is 1. The van der Waals surface area contributed by atoms with Crippen molar-refractivity contribution in [3.63, 3.8) is 0 Å². The normalized spacial score (nSPS) is 31.2. The summed E-state index contributed by atoms with van der Waals surface area (Å²) in [5.74, 6) is 3.80. The van der Waals surface area contributed by atoms with Crippen LogP contribution in [0.2, 0.25) is 0 Å². The van der Waals surface area contributed by atoms with Gasteiger partial charge in [-0.05, 0) is 68.4 Å². The molecule has 4 bridgehead atoms. The van der Waals surface area contributed by atoms with Gasteiger partial charge in [-0.15, -0.1) is 22.0 Å². The zero-order chi connectivity index (χ0) is 18.3. The zero-order valence-corrected chi connectivity index (χ0v) is 16.9. The minimum absolute atomic E-state index is 0.0101. The van der Waals surface area contributed by atoms with Gasteiger partial charge in [0.15, 0.2) is 0 Å². The molecular formula is C20H24N4OS2. The molecule has 6 rings (SSSR count). The molecule has 0 aromatic carbocycles. The van der Waals surface area contributed by atoms with Crippen molar-refractivity contribution in [3.8, 4) is 0 Å². The molecule has 0 saturated heterocycles. The van der Waals surface area contributed by atoms with Crippen molar-refractivity contribution in [1.82, 2.24) is 15.2 Å². The van der Waals surface area contributed by atoms with Gasteiger partial charge in [-0.2, -0.15) is 0 Å². The Morgan fingerprint density at radius 1 is 1.15 bits per heavy atom. The molecule has 0 radical (unpaired) electrons. The van der Waals surface area contributed by atoms with Gasteiger partial charge < -0.3 is 0 Å². The molecule has 0 atom stereocenters. The molecule has 1 amide bonds. The van der Waals surface area contributed by atoms with Crippen molar-refractivity contribution < 1.29 is 4.79 Å². The summed E-state index contributed by atoms with van der Waals surface area (Å²) in [4.78, 5) is 16.5. The molecule has 4 aliphatic rings. The zero-order valence-electron chi connectivity index (χ0n) is 15.3. The third-order valence-electron chi connectivity index (χ3n) is 6.37. The van der Waals surface area contributed by atoms with Crippen molar-refractivity contribution in [2.75, 3.05) is 11.1 Å². The van der Waals surface area contributed by atoms with E-state index in [1.807, 2.05) is 18.2 Å². The maximum atomic E-state index is 12.2. The Kier molecular flexibility index (Phi) is 4.68. The van der Waals surface area contributed by atoms with E-state index in [2.05, 4.69) is 20.5 Å². The molecule has 0 unspecified atom stereocenters. The average Bonchev–Trinajstić information content (AvgIpc) is 3.11. The van der Waals surface area contributed by atoms with Crippen LogP contribution in [-0.4, -0.2) is 26.8 Å². The highest BCUT2D eigenvalue weighted by Gasteiger charge is 2.53. The van der Waals surface area contributed by atoms with Crippen molar-refractivity contribution >= 4 is 34.1 Å². The van der Waals surface area contributed by atoms with Crippen molar-refractivity contribution in [1.29, 1.82) is 0 Å². The molecule has 27 heavy (non-hydrogen) atoms. The van der Waals surface area contributed by atoms with Gasteiger partial charge >= 0.3 is 0 Å². The Balaban J connectivity index is 1.18. The molecule has 2 aromatic rings. The summed E-state index contributed by atoms with van der Waals surface area (Å²) in [5, 5.41) is 13.6. The summed E-state index contributed by atoms with van der Waals surface area (Å²) < 4.78 is 0. The van der Waals surface area contributed by atoms with Gasteiger partial charge in [0, 0.05) is 17.4 Å². The molecular weight excluding hydrogens is 376 g/mol. The standard InChI is InChI=1S/C20H24N4OS2/c25-17(12-26-11-16-3-1-2-4-21-16)22-19-24-23-18(27-19)20-8-13-5-14(9-20)7-15(6-13)10-20/h1-4,13-15H,5-12H2,(H,22,24,25). The Bertz CT molecular complexity index is 787. The third kappa shape index (κ3) is 3.63. The molecule has 4 fully saturated rings. The van der Waals surface area contributed by atoms with Crippen LogP contribution in [0, 0.1) is 17.8 Å². The number of carbonyl (C=O) groups excluding carboxylic acids is 1. The summed E-state index contributed by atoms with van der Waals surface area (Å²) >= 11 is 3.17. The van der Waals surface area contributed by atoms with Gasteiger partial charge in [0.05, 0.1) is 11.4 Å². The number of amides is 1. The summed E-state index contributed by atoms with van der Waals surface area (Å²) in [5.41, 5.74) is 1.25. The van der Waals surface area contributed by atoms with Crippen LogP contribution in [0.5, 0.6) is 0 Å². The predicted octanol–water partition coefficient (Wildman–Crippen LogP) is 4.27. The van der Waals surface area contributed by atoms with Crippen LogP contribution in [0.1, 0.15) is 49.2 Å². The van der Waals surface area contributed by atoms with Crippen LogP contribution in [0.4, 0.5) is 5.13 Å². The Morgan fingerprint density at radius 2 is 1.89 bits per heavy atom. The van der Waals surface area contributed by atoms with Gasteiger partial charge in [-0.3, -0.25) is 15.1 Å². The number of hydrogen-bond donors (Lipinski definition) is 1. The predicted molar refractivity (Wildman–Crippen MR) is 109 cm³/mol. The summed E-state index contributed by atoms with van der Waals surface area (Å²) in [6.45, 7) is 0. The largest absolute Gasteiger partial charge is 0.300 e. The van der Waals surface area contributed by atoms with Crippen LogP contribution >= 0.6 is 23.1 Å². The Morgan fingerprint density at radius 3 is 2.56 bits per heavy atom. The van der Waals surface area contributed by atoms with Gasteiger partial charge in [-0.25, -0.2) is 0 Å². The minimum atomic E-state index is -0.0101. The van der Waals surface area contributed by atoms with Crippen molar-refractivity contribution in [2.24, 2.45) is 17.8 Å². The van der Waals surface area contributed by atoms with E-state index in [9.17, 15) is 4.79 Å². The fraction of sp³-hybridized carbons (Fsp3) is 0.600. The SMILES string of the molecule is O=C(CSCc1ccccn1)Nc1nnc(C23CC4CC(CC(C4)C2)C3)s1. The Hall–Kier alpha value is -1.47. The maximum absolute atomic E-state index is 12.2. The highest BCUT2D eigenvalue weighted by atomic mass is 32.2. The fourth-order valence-electron chi connectivity index (χ4n) is 5.75. The van der Waals surface area contributed by atoms with Gasteiger partial charge in [0.25, 0.3) is 0 Å². The van der Waals surface area contributed by atoms with Crippen molar-refractivity contribution in [3.05, 3.63) is 35.1 Å². The average molecular weight is 401 g/mol. The molecule has 2 heterocycles. The first kappa shape index (κ1) is 17.6. The molecule has 7 heteroatoms. The van der Waals surface area contributed by atoms with Crippen molar-refractivity contribution in [2.45, 2.75) is 49.7 Å². The molecule has 4 saturated carbocycles. The number of hydrogen-bond acceptors (Lipinski definition) is 6. The van der Waals surface area contributed by atoms with E-state index in [1.165, 1.54) is 38.5 Å². The second kappa shape index (κ2) is 7.17. The number of aromatic nitrogens is 3. The van der Waals surface area contributed by atoms with E-state index in [-0.39, 0.29) is 11.3 Å². The summed E-state index contributed by atoms with van der Waals surface area (Å²) in [6.07, 6.45) is 9.90. The number of nitrogens with zero attached hydrogens (tertiary/aromatic N) is 3. The number of nitrogens with one attached hydrogen (secondary N) is 1. The second-order valence-electron chi connectivity index (χ2n) is 8.47. The number of pyridine rings is 1. The topological polar surface area (TPSA) is 67.8 Å². The van der Waals surface area contributed by atoms with E-state index in [1.54, 1.807) is 29.3 Å². The van der Waals surface area contributed by atoms with Gasteiger partial charge in [0.2, 0.25) is 11.0 Å². The van der Waals surface area contributed by atoms with E-state index in [0.717, 1.165) is 34.2 Å². The first-order valence-corrected chi connectivity index (χ1v) is 11.8. The molecule has 2 aromatic heterocycles. The second-order valence-corrected chi connectivity index (χ2v) is 10.4. The molecule has 5 nitrogen and oxygen atoms in total. The molecule has 0 aliphatic heterocycles. The lowest BCUT2D eigenvalue weighted by atomic mass is 9.50. The quantitative estimate of drug-likeness (QED) is 0.784. The first-order chi connectivity index (χ1) is 13.2. The monoisotopic (exact) mass is 400 g/mol. The lowest BCUT2D eigenvalue weighted by Crippen LogP contribution is -2.48. The fourth-order valence-corrected chi connectivity index (χ4v) is 7.47. The van der Waals surface area contributed by atoms with E-state index < -0.39 is 0 Å². The van der Waals surface area contributed by atoms with Crippen LogP contribution in [0.25, 0.3) is 0 Å². The molecule has 0 spiro atoms.